The molecule has 3 rings (SSSR count). The number of nitrogens with zero attached hydrogens (tertiary/aromatic N) is 4. The molecule has 2 aliphatic rings. The highest BCUT2D eigenvalue weighted by Gasteiger charge is 2.55. The number of anilines is 1. The van der Waals surface area contributed by atoms with Crippen molar-refractivity contribution in [2.24, 2.45) is 0 Å². The molecule has 2 aliphatic heterocycles. The fourth-order valence-electron chi connectivity index (χ4n) is 3.24. The Balaban J connectivity index is 1.81. The predicted octanol–water partition coefficient (Wildman–Crippen LogP) is 1.08. The summed E-state index contributed by atoms with van der Waals surface area (Å²) in [4.78, 5) is 32.6. The van der Waals surface area contributed by atoms with Crippen LogP contribution in [-0.2, 0) is 4.79 Å². The molecule has 0 bridgehead atoms. The molecule has 3 heterocycles. The van der Waals surface area contributed by atoms with Crippen molar-refractivity contribution < 1.29 is 14.0 Å². The number of amides is 3. The Morgan fingerprint density at radius 2 is 1.90 bits per heavy atom. The Kier molecular flexibility index (Phi) is 3.07. The molecule has 1 aromatic heterocycles. The third-order valence-corrected chi connectivity index (χ3v) is 4.60. The summed E-state index contributed by atoms with van der Waals surface area (Å²) in [6.45, 7) is 1.05. The average Bonchev–Trinajstić information content (AvgIpc) is 2.66. The van der Waals surface area contributed by atoms with Crippen molar-refractivity contribution in [3.63, 3.8) is 0 Å². The minimum Gasteiger partial charge on any atom is -0.369 e. The second kappa shape index (κ2) is 4.68. The Hall–Kier alpha value is -2.18. The summed E-state index contributed by atoms with van der Waals surface area (Å²) >= 11 is 0. The smallest absolute Gasteiger partial charge is 0.327 e. The summed E-state index contributed by atoms with van der Waals surface area (Å²) in [5.74, 6) is -0.530. The Bertz CT molecular complexity index is 598. The molecule has 0 N–H and O–H groups in total. The van der Waals surface area contributed by atoms with Gasteiger partial charge < -0.3 is 9.80 Å². The zero-order chi connectivity index (χ0) is 15.2. The van der Waals surface area contributed by atoms with Crippen LogP contribution in [0.15, 0.2) is 18.5 Å². The molecular formula is C14H17FN4O2. The highest BCUT2D eigenvalue weighted by Crippen LogP contribution is 2.36. The van der Waals surface area contributed by atoms with Gasteiger partial charge in [0.05, 0.1) is 11.9 Å². The number of piperidine rings is 1. The topological polar surface area (TPSA) is 56.8 Å². The first-order valence-electron chi connectivity index (χ1n) is 6.88. The number of rotatable bonds is 1. The van der Waals surface area contributed by atoms with Crippen LogP contribution in [0.5, 0.6) is 0 Å². The standard InChI is InChI=1S/C14H17FN4O2/c1-17-12(20)14(18(2)13(17)21)4-7-19(8-5-14)11-3-6-16-9-10(11)15/h3,6,9H,4-5,7-8H2,1-2H3. The van der Waals surface area contributed by atoms with Crippen molar-refractivity contribution in [1.82, 2.24) is 14.8 Å². The van der Waals surface area contributed by atoms with Crippen LogP contribution in [-0.4, -0.2) is 59.4 Å². The van der Waals surface area contributed by atoms with Crippen molar-refractivity contribution >= 4 is 17.6 Å². The number of hydrogen-bond donors (Lipinski definition) is 0. The van der Waals surface area contributed by atoms with E-state index >= 15 is 0 Å². The van der Waals surface area contributed by atoms with E-state index in [4.69, 9.17) is 0 Å². The molecule has 1 aromatic rings. The molecule has 0 radical (unpaired) electrons. The molecule has 6 nitrogen and oxygen atoms in total. The van der Waals surface area contributed by atoms with E-state index < -0.39 is 5.54 Å². The number of halogens is 1. The molecule has 112 valence electrons. The molecule has 7 heteroatoms. The molecule has 2 fully saturated rings. The SMILES string of the molecule is CN1C(=O)N(C)C2(CCN(c3ccncc3F)CC2)C1=O. The Morgan fingerprint density at radius 3 is 2.43 bits per heavy atom. The fourth-order valence-corrected chi connectivity index (χ4v) is 3.24. The maximum absolute atomic E-state index is 13.8. The highest BCUT2D eigenvalue weighted by molar-refractivity contribution is 6.06. The quantitative estimate of drug-likeness (QED) is 0.727. The van der Waals surface area contributed by atoms with Crippen molar-refractivity contribution in [1.29, 1.82) is 0 Å². The van der Waals surface area contributed by atoms with Crippen LogP contribution in [0.25, 0.3) is 0 Å². The van der Waals surface area contributed by atoms with Gasteiger partial charge in [0.1, 0.15) is 5.54 Å². The van der Waals surface area contributed by atoms with Crippen LogP contribution in [0.3, 0.4) is 0 Å². The predicted molar refractivity (Wildman–Crippen MR) is 74.3 cm³/mol. The van der Waals surface area contributed by atoms with Crippen LogP contribution >= 0.6 is 0 Å². The van der Waals surface area contributed by atoms with E-state index in [-0.39, 0.29) is 17.8 Å². The maximum Gasteiger partial charge on any atom is 0.327 e. The first-order valence-corrected chi connectivity index (χ1v) is 6.88. The number of hydrogen-bond acceptors (Lipinski definition) is 4. The van der Waals surface area contributed by atoms with Gasteiger partial charge in [-0.1, -0.05) is 0 Å². The molecule has 2 saturated heterocycles. The number of carbonyl (C=O) groups is 2. The van der Waals surface area contributed by atoms with Gasteiger partial charge in [0, 0.05) is 33.4 Å². The third-order valence-electron chi connectivity index (χ3n) is 4.60. The third kappa shape index (κ3) is 1.87. The van der Waals surface area contributed by atoms with E-state index in [0.29, 0.717) is 31.6 Å². The summed E-state index contributed by atoms with van der Waals surface area (Å²) in [5, 5.41) is 0. The molecule has 0 aliphatic carbocycles. The van der Waals surface area contributed by atoms with Crippen LogP contribution in [0, 0.1) is 5.82 Å². The highest BCUT2D eigenvalue weighted by atomic mass is 19.1. The van der Waals surface area contributed by atoms with Gasteiger partial charge in [-0.3, -0.25) is 14.7 Å². The first-order chi connectivity index (χ1) is 9.97. The summed E-state index contributed by atoms with van der Waals surface area (Å²) in [6, 6.07) is 1.36. The molecule has 0 atom stereocenters. The summed E-state index contributed by atoms with van der Waals surface area (Å²) in [7, 11) is 3.16. The number of carbonyl (C=O) groups excluding carboxylic acids is 2. The summed E-state index contributed by atoms with van der Waals surface area (Å²) < 4.78 is 13.8. The normalized spacial score (nSPS) is 21.6. The zero-order valence-corrected chi connectivity index (χ0v) is 12.0. The molecule has 0 aromatic carbocycles. The van der Waals surface area contributed by atoms with Gasteiger partial charge in [0.2, 0.25) is 0 Å². The van der Waals surface area contributed by atoms with Gasteiger partial charge in [0.15, 0.2) is 5.82 Å². The van der Waals surface area contributed by atoms with Gasteiger partial charge >= 0.3 is 6.03 Å². The van der Waals surface area contributed by atoms with Gasteiger partial charge in [0.25, 0.3) is 5.91 Å². The number of imide groups is 1. The summed E-state index contributed by atoms with van der Waals surface area (Å²) in [5.41, 5.74) is -0.279. The number of aromatic nitrogens is 1. The van der Waals surface area contributed by atoms with Gasteiger partial charge in [-0.15, -0.1) is 0 Å². The lowest BCUT2D eigenvalue weighted by atomic mass is 9.86. The minimum atomic E-state index is -0.772. The van der Waals surface area contributed by atoms with Gasteiger partial charge in [-0.05, 0) is 18.9 Å². The van der Waals surface area contributed by atoms with E-state index in [9.17, 15) is 14.0 Å². The Labute approximate surface area is 122 Å². The van der Waals surface area contributed by atoms with Gasteiger partial charge in [-0.2, -0.15) is 0 Å². The van der Waals surface area contributed by atoms with Crippen LogP contribution in [0.4, 0.5) is 14.9 Å². The molecule has 1 spiro atoms. The van der Waals surface area contributed by atoms with Crippen molar-refractivity contribution in [2.75, 3.05) is 32.1 Å². The second-order valence-corrected chi connectivity index (χ2v) is 5.55. The maximum atomic E-state index is 13.8. The van der Waals surface area contributed by atoms with Crippen molar-refractivity contribution in [3.05, 3.63) is 24.3 Å². The Morgan fingerprint density at radius 1 is 1.24 bits per heavy atom. The van der Waals surface area contributed by atoms with E-state index in [1.54, 1.807) is 19.3 Å². The monoisotopic (exact) mass is 292 g/mol. The van der Waals surface area contributed by atoms with Gasteiger partial charge in [-0.25, -0.2) is 9.18 Å². The van der Waals surface area contributed by atoms with E-state index in [2.05, 4.69) is 4.98 Å². The van der Waals surface area contributed by atoms with E-state index in [0.717, 1.165) is 0 Å². The lowest BCUT2D eigenvalue weighted by molar-refractivity contribution is -0.133. The average molecular weight is 292 g/mol. The molecule has 3 amide bonds. The van der Waals surface area contributed by atoms with E-state index in [1.165, 1.54) is 23.0 Å². The second-order valence-electron chi connectivity index (χ2n) is 5.55. The number of likely N-dealkylation sites (N-methyl/N-ethyl adjacent to an activating group) is 2. The largest absolute Gasteiger partial charge is 0.369 e. The van der Waals surface area contributed by atoms with E-state index in [1.807, 2.05) is 4.90 Å². The first kappa shape index (κ1) is 13.8. The molecular weight excluding hydrogens is 275 g/mol. The molecule has 0 saturated carbocycles. The number of urea groups is 1. The van der Waals surface area contributed by atoms with Crippen LogP contribution < -0.4 is 4.90 Å². The van der Waals surface area contributed by atoms with Crippen molar-refractivity contribution in [2.45, 2.75) is 18.4 Å². The zero-order valence-electron chi connectivity index (χ0n) is 12.0. The summed E-state index contributed by atoms with van der Waals surface area (Å²) in [6.07, 6.45) is 3.73. The lowest BCUT2D eigenvalue weighted by Crippen LogP contribution is -2.55. The van der Waals surface area contributed by atoms with Crippen LogP contribution in [0.1, 0.15) is 12.8 Å². The molecule has 0 unspecified atom stereocenters. The lowest BCUT2D eigenvalue weighted by Gasteiger charge is -2.41. The fraction of sp³-hybridized carbons (Fsp3) is 0.500. The minimum absolute atomic E-state index is 0.162. The van der Waals surface area contributed by atoms with Crippen LogP contribution in [0.2, 0.25) is 0 Å². The number of pyridine rings is 1. The van der Waals surface area contributed by atoms with Crippen molar-refractivity contribution in [3.8, 4) is 0 Å². The molecule has 21 heavy (non-hydrogen) atoms.